The molecule has 3 fully saturated rings. The largest absolute Gasteiger partial charge is 0.465 e. The number of amides is 2. The van der Waals surface area contributed by atoms with E-state index in [0.717, 1.165) is 22.9 Å². The molecule has 0 radical (unpaired) electrons. The summed E-state index contributed by atoms with van der Waals surface area (Å²) in [5.41, 5.74) is 0.724. The van der Waals surface area contributed by atoms with Gasteiger partial charge in [-0.25, -0.2) is 0 Å². The van der Waals surface area contributed by atoms with Gasteiger partial charge >= 0.3 is 5.97 Å². The summed E-state index contributed by atoms with van der Waals surface area (Å²) < 4.78 is 4.44. The number of likely N-dealkylation sites (tertiary alicyclic amines) is 1. The molecule has 3 aliphatic heterocycles. The second-order valence-corrected chi connectivity index (χ2v) is 14.7. The summed E-state index contributed by atoms with van der Waals surface area (Å²) in [6, 6.07) is 12.5. The van der Waals surface area contributed by atoms with Crippen molar-refractivity contribution in [3.05, 3.63) is 67.8 Å². The first-order chi connectivity index (χ1) is 20.6. The monoisotopic (exact) mass is 604 g/mol. The zero-order valence-electron chi connectivity index (χ0n) is 25.5. The van der Waals surface area contributed by atoms with E-state index in [0.29, 0.717) is 25.7 Å². The van der Waals surface area contributed by atoms with Crippen molar-refractivity contribution in [3.8, 4) is 0 Å². The molecule has 2 bridgehead atoms. The molecule has 6 atom stereocenters. The van der Waals surface area contributed by atoms with E-state index in [1.54, 1.807) is 33.7 Å². The summed E-state index contributed by atoms with van der Waals surface area (Å²) >= 11 is 1.62. The Labute approximate surface area is 259 Å². The zero-order valence-corrected chi connectivity index (χ0v) is 26.4. The number of carbonyl (C=O) groups is 3. The SMILES string of the molecule is C=CCCCOC(=O)[C@H]1[C@H]2C(=O)N([C@@H](CO)CC(C)C)C(C(=O)N(CC=C)c3ccc4ccccc4c3)C23CC[C@]1(C)S3. The van der Waals surface area contributed by atoms with Crippen molar-refractivity contribution in [3.63, 3.8) is 0 Å². The highest BCUT2D eigenvalue weighted by Crippen LogP contribution is 2.72. The van der Waals surface area contributed by atoms with Crippen molar-refractivity contribution in [1.82, 2.24) is 4.90 Å². The number of anilines is 1. The lowest BCUT2D eigenvalue weighted by Crippen LogP contribution is -2.57. The van der Waals surface area contributed by atoms with Gasteiger partial charge in [0.15, 0.2) is 0 Å². The second-order valence-electron chi connectivity index (χ2n) is 12.8. The third-order valence-electron chi connectivity index (χ3n) is 9.47. The Hall–Kier alpha value is -3.10. The van der Waals surface area contributed by atoms with Gasteiger partial charge in [-0.3, -0.25) is 14.4 Å². The molecule has 2 unspecified atom stereocenters. The van der Waals surface area contributed by atoms with Crippen LogP contribution >= 0.6 is 11.8 Å². The minimum absolute atomic E-state index is 0.190. The lowest BCUT2D eigenvalue weighted by molar-refractivity contribution is -0.156. The van der Waals surface area contributed by atoms with Crippen LogP contribution in [0.5, 0.6) is 0 Å². The molecule has 5 rings (SSSR count). The molecule has 3 aliphatic rings. The standard InChI is InChI=1S/C35H44N2O5S/c1-6-8-11-19-42-33(41)29-28-31(39)37(27(22-38)20-23(3)4)30(35(28)17-16-34(29,5)43-35)32(40)36(18-7-2)26-15-14-24-12-9-10-13-25(24)21-26/h6-7,9-10,12-15,21,23,27-30,38H,1-2,8,11,16-20,22H2,3-5H3/t27-,28+,29-,30?,34+,35?/m1/s1. The Balaban J connectivity index is 1.58. The van der Waals surface area contributed by atoms with Crippen molar-refractivity contribution in [2.45, 2.75) is 74.5 Å². The highest BCUT2D eigenvalue weighted by atomic mass is 32.2. The predicted octanol–water partition coefficient (Wildman–Crippen LogP) is 5.76. The second kappa shape index (κ2) is 12.5. The summed E-state index contributed by atoms with van der Waals surface area (Å²) in [4.78, 5) is 46.6. The van der Waals surface area contributed by atoms with Gasteiger partial charge in [0.1, 0.15) is 6.04 Å². The topological polar surface area (TPSA) is 87.1 Å². The van der Waals surface area contributed by atoms with E-state index < -0.39 is 33.4 Å². The Morgan fingerprint density at radius 1 is 1.16 bits per heavy atom. The number of aliphatic hydroxyl groups excluding tert-OH is 1. The lowest BCUT2D eigenvalue weighted by Gasteiger charge is -2.40. The van der Waals surface area contributed by atoms with E-state index in [9.17, 15) is 19.5 Å². The van der Waals surface area contributed by atoms with Gasteiger partial charge < -0.3 is 19.6 Å². The van der Waals surface area contributed by atoms with Crippen molar-refractivity contribution in [1.29, 1.82) is 0 Å². The maximum Gasteiger partial charge on any atom is 0.311 e. The number of fused-ring (bicyclic) bond motifs is 2. The predicted molar refractivity (Wildman–Crippen MR) is 173 cm³/mol. The molecule has 2 amide bonds. The quantitative estimate of drug-likeness (QED) is 0.178. The van der Waals surface area contributed by atoms with Gasteiger partial charge in [0.05, 0.1) is 35.8 Å². The van der Waals surface area contributed by atoms with Gasteiger partial charge in [-0.05, 0) is 67.9 Å². The summed E-state index contributed by atoms with van der Waals surface area (Å²) in [5, 5.41) is 12.7. The van der Waals surface area contributed by atoms with Crippen LogP contribution in [0.15, 0.2) is 67.8 Å². The molecular formula is C35H44N2O5S. The van der Waals surface area contributed by atoms with E-state index in [-0.39, 0.29) is 43.5 Å². The minimum Gasteiger partial charge on any atom is -0.465 e. The Morgan fingerprint density at radius 3 is 2.58 bits per heavy atom. The average Bonchev–Trinajstić information content (AvgIpc) is 3.56. The number of ether oxygens (including phenoxy) is 1. The van der Waals surface area contributed by atoms with Crippen molar-refractivity contribution < 1.29 is 24.2 Å². The van der Waals surface area contributed by atoms with Crippen LogP contribution in [0.4, 0.5) is 5.69 Å². The normalized spacial score (nSPS) is 28.3. The van der Waals surface area contributed by atoms with Crippen LogP contribution in [-0.2, 0) is 19.1 Å². The van der Waals surface area contributed by atoms with E-state index in [1.807, 2.05) is 63.2 Å². The smallest absolute Gasteiger partial charge is 0.311 e. The fourth-order valence-electron chi connectivity index (χ4n) is 7.65. The van der Waals surface area contributed by atoms with Gasteiger partial charge in [0, 0.05) is 17.0 Å². The first kappa shape index (κ1) is 31.3. The highest BCUT2D eigenvalue weighted by molar-refractivity contribution is 8.02. The number of unbranched alkanes of at least 4 members (excludes halogenated alkanes) is 1. The number of nitrogens with zero attached hydrogens (tertiary/aromatic N) is 2. The Bertz CT molecular complexity index is 1410. The van der Waals surface area contributed by atoms with Crippen molar-refractivity contribution in [2.75, 3.05) is 24.7 Å². The number of hydrogen-bond acceptors (Lipinski definition) is 6. The third kappa shape index (κ3) is 5.42. The number of hydrogen-bond donors (Lipinski definition) is 1. The zero-order chi connectivity index (χ0) is 30.9. The van der Waals surface area contributed by atoms with Gasteiger partial charge in [-0.1, -0.05) is 56.3 Å². The molecule has 230 valence electrons. The fraction of sp³-hybridized carbons (Fsp3) is 0.514. The average molecular weight is 605 g/mol. The molecule has 0 saturated carbocycles. The molecule has 3 heterocycles. The lowest BCUT2D eigenvalue weighted by atomic mass is 9.66. The van der Waals surface area contributed by atoms with E-state index in [2.05, 4.69) is 13.2 Å². The van der Waals surface area contributed by atoms with E-state index in [1.165, 1.54) is 0 Å². The first-order valence-corrected chi connectivity index (χ1v) is 16.2. The maximum atomic E-state index is 14.9. The summed E-state index contributed by atoms with van der Waals surface area (Å²) in [6.45, 7) is 14.1. The molecule has 2 aromatic rings. The molecule has 43 heavy (non-hydrogen) atoms. The number of thioether (sulfide) groups is 1. The third-order valence-corrected chi connectivity index (χ3v) is 11.5. The van der Waals surface area contributed by atoms with Crippen LogP contribution in [0, 0.1) is 17.8 Å². The van der Waals surface area contributed by atoms with Gasteiger partial charge in [-0.15, -0.1) is 24.9 Å². The molecule has 3 saturated heterocycles. The van der Waals surface area contributed by atoms with Crippen LogP contribution < -0.4 is 4.90 Å². The number of benzene rings is 2. The number of aliphatic hydroxyl groups is 1. The highest BCUT2D eigenvalue weighted by Gasteiger charge is 2.78. The van der Waals surface area contributed by atoms with Crippen LogP contribution in [0.25, 0.3) is 10.8 Å². The molecule has 8 heteroatoms. The summed E-state index contributed by atoms with van der Waals surface area (Å²) in [7, 11) is 0. The van der Waals surface area contributed by atoms with Crippen LogP contribution in [-0.4, -0.2) is 69.1 Å². The van der Waals surface area contributed by atoms with E-state index in [4.69, 9.17) is 4.74 Å². The molecule has 7 nitrogen and oxygen atoms in total. The molecule has 1 spiro atoms. The molecule has 2 aromatic carbocycles. The summed E-state index contributed by atoms with van der Waals surface area (Å²) in [5.74, 6) is -1.95. The van der Waals surface area contributed by atoms with Crippen LogP contribution in [0.2, 0.25) is 0 Å². The van der Waals surface area contributed by atoms with Crippen molar-refractivity contribution in [2.24, 2.45) is 17.8 Å². The van der Waals surface area contributed by atoms with Gasteiger partial charge in [0.2, 0.25) is 5.91 Å². The number of carbonyl (C=O) groups excluding carboxylic acids is 3. The maximum absolute atomic E-state index is 14.9. The Kier molecular flexibility index (Phi) is 9.10. The molecular weight excluding hydrogens is 560 g/mol. The molecule has 0 aliphatic carbocycles. The molecule has 0 aromatic heterocycles. The van der Waals surface area contributed by atoms with Crippen LogP contribution in [0.3, 0.4) is 0 Å². The first-order valence-electron chi connectivity index (χ1n) is 15.4. The minimum atomic E-state index is -0.835. The Morgan fingerprint density at radius 2 is 1.91 bits per heavy atom. The van der Waals surface area contributed by atoms with Crippen molar-refractivity contribution >= 4 is 46.0 Å². The number of allylic oxidation sites excluding steroid dienone is 1. The fourth-order valence-corrected chi connectivity index (χ4v) is 9.97. The number of rotatable bonds is 13. The van der Waals surface area contributed by atoms with E-state index >= 15 is 0 Å². The number of esters is 1. The van der Waals surface area contributed by atoms with Gasteiger partial charge in [0.25, 0.3) is 5.91 Å². The van der Waals surface area contributed by atoms with Crippen LogP contribution in [0.1, 0.15) is 52.9 Å². The summed E-state index contributed by atoms with van der Waals surface area (Å²) in [6.07, 6.45) is 6.79. The van der Waals surface area contributed by atoms with Gasteiger partial charge in [-0.2, -0.15) is 0 Å². The molecule has 1 N–H and O–H groups in total.